The lowest BCUT2D eigenvalue weighted by Gasteiger charge is -2.14. The lowest BCUT2D eigenvalue weighted by Crippen LogP contribution is -2.33. The molecule has 0 bridgehead atoms. The van der Waals surface area contributed by atoms with Gasteiger partial charge in [-0.15, -0.1) is 0 Å². The first-order valence-electron chi connectivity index (χ1n) is 6.56. The fourth-order valence-electron chi connectivity index (χ4n) is 2.46. The quantitative estimate of drug-likeness (QED) is 0.868. The molecule has 6 heteroatoms. The molecule has 1 aromatic rings. The number of aliphatic carboxylic acids is 1. The number of ether oxygens (including phenoxy) is 1. The fourth-order valence-corrected chi connectivity index (χ4v) is 2.46. The minimum atomic E-state index is -0.795. The first-order valence-corrected chi connectivity index (χ1v) is 6.56. The molecule has 1 fully saturated rings. The molecular formula is C14H18N2O4. The predicted octanol–water partition coefficient (Wildman–Crippen LogP) is 1.38. The van der Waals surface area contributed by atoms with E-state index in [1.54, 1.807) is 12.1 Å². The molecule has 20 heavy (non-hydrogen) atoms. The second-order valence-corrected chi connectivity index (χ2v) is 5.03. The Morgan fingerprint density at radius 2 is 2.15 bits per heavy atom. The van der Waals surface area contributed by atoms with Crippen molar-refractivity contribution >= 4 is 11.9 Å². The van der Waals surface area contributed by atoms with E-state index in [9.17, 15) is 9.59 Å². The van der Waals surface area contributed by atoms with Gasteiger partial charge in [-0.3, -0.25) is 9.59 Å². The lowest BCUT2D eigenvalue weighted by molar-refractivity contribution is -0.141. The zero-order chi connectivity index (χ0) is 14.7. The summed E-state index contributed by atoms with van der Waals surface area (Å²) in [5.74, 6) is -1.14. The third kappa shape index (κ3) is 3.07. The Kier molecular flexibility index (Phi) is 4.22. The van der Waals surface area contributed by atoms with Gasteiger partial charge in [0.1, 0.15) is 5.56 Å². The number of aryl methyl sites for hydroxylation is 1. The van der Waals surface area contributed by atoms with Gasteiger partial charge in [0.2, 0.25) is 5.88 Å². The molecule has 0 saturated heterocycles. The molecule has 0 aliphatic heterocycles. The van der Waals surface area contributed by atoms with Gasteiger partial charge in [0.15, 0.2) is 0 Å². The fraction of sp³-hybridized carbons (Fsp3) is 0.500. The minimum absolute atomic E-state index is 0.102. The van der Waals surface area contributed by atoms with Gasteiger partial charge in [0.25, 0.3) is 5.91 Å². The van der Waals surface area contributed by atoms with E-state index in [1.165, 1.54) is 7.11 Å². The highest BCUT2D eigenvalue weighted by Gasteiger charge is 2.31. The van der Waals surface area contributed by atoms with Gasteiger partial charge < -0.3 is 15.2 Å². The molecule has 1 aromatic heterocycles. The zero-order valence-corrected chi connectivity index (χ0v) is 11.5. The second-order valence-electron chi connectivity index (χ2n) is 5.03. The number of aromatic nitrogens is 1. The molecule has 2 N–H and O–H groups in total. The number of pyridine rings is 1. The summed E-state index contributed by atoms with van der Waals surface area (Å²) in [5.41, 5.74) is 1.14. The van der Waals surface area contributed by atoms with Crippen molar-refractivity contribution < 1.29 is 19.4 Å². The van der Waals surface area contributed by atoms with Crippen molar-refractivity contribution in [1.82, 2.24) is 10.3 Å². The number of methoxy groups -OCH3 is 1. The van der Waals surface area contributed by atoms with Crippen LogP contribution in [0.15, 0.2) is 12.1 Å². The number of amides is 1. The number of carboxylic acids is 1. The number of nitrogens with one attached hydrogen (secondary N) is 1. The Bertz CT molecular complexity index is 530. The summed E-state index contributed by atoms with van der Waals surface area (Å²) >= 11 is 0. The van der Waals surface area contributed by atoms with Gasteiger partial charge in [0.05, 0.1) is 13.0 Å². The monoisotopic (exact) mass is 278 g/mol. The van der Waals surface area contributed by atoms with Crippen molar-refractivity contribution in [3.63, 3.8) is 0 Å². The van der Waals surface area contributed by atoms with Crippen molar-refractivity contribution in [1.29, 1.82) is 0 Å². The van der Waals surface area contributed by atoms with Crippen LogP contribution in [0.2, 0.25) is 0 Å². The number of rotatable bonds is 4. The summed E-state index contributed by atoms with van der Waals surface area (Å²) in [5, 5.41) is 11.8. The Balaban J connectivity index is 2.04. The maximum Gasteiger partial charge on any atom is 0.306 e. The SMILES string of the molecule is COc1nc(C)ccc1C(=O)N[C@H]1CC[C@@H](C(=O)O)C1. The van der Waals surface area contributed by atoms with Gasteiger partial charge in [-0.2, -0.15) is 0 Å². The molecule has 1 amide bonds. The number of hydrogen-bond donors (Lipinski definition) is 2. The lowest BCUT2D eigenvalue weighted by atomic mass is 10.1. The van der Waals surface area contributed by atoms with Crippen LogP contribution in [-0.4, -0.2) is 35.1 Å². The molecular weight excluding hydrogens is 260 g/mol. The van der Waals surface area contributed by atoms with Crippen LogP contribution in [0.4, 0.5) is 0 Å². The molecule has 108 valence electrons. The van der Waals surface area contributed by atoms with Gasteiger partial charge >= 0.3 is 5.97 Å². The highest BCUT2D eigenvalue weighted by Crippen LogP contribution is 2.26. The Labute approximate surface area is 117 Å². The molecule has 0 radical (unpaired) electrons. The van der Waals surface area contributed by atoms with E-state index in [4.69, 9.17) is 9.84 Å². The molecule has 0 unspecified atom stereocenters. The average Bonchev–Trinajstić information content (AvgIpc) is 2.87. The van der Waals surface area contributed by atoms with E-state index in [-0.39, 0.29) is 23.7 Å². The maximum atomic E-state index is 12.2. The number of nitrogens with zero attached hydrogens (tertiary/aromatic N) is 1. The first-order chi connectivity index (χ1) is 9.51. The van der Waals surface area contributed by atoms with E-state index in [0.29, 0.717) is 24.8 Å². The zero-order valence-electron chi connectivity index (χ0n) is 11.5. The highest BCUT2D eigenvalue weighted by molar-refractivity contribution is 5.96. The van der Waals surface area contributed by atoms with Gasteiger partial charge in [-0.05, 0) is 38.3 Å². The Morgan fingerprint density at radius 1 is 1.40 bits per heavy atom. The number of carbonyl (C=O) groups excluding carboxylic acids is 1. The normalized spacial score (nSPS) is 21.5. The second kappa shape index (κ2) is 5.90. The molecule has 1 heterocycles. The van der Waals surface area contributed by atoms with Crippen molar-refractivity contribution in [3.05, 3.63) is 23.4 Å². The molecule has 6 nitrogen and oxygen atoms in total. The summed E-state index contributed by atoms with van der Waals surface area (Å²) < 4.78 is 5.11. The van der Waals surface area contributed by atoms with Crippen LogP contribution in [0, 0.1) is 12.8 Å². The molecule has 2 rings (SSSR count). The summed E-state index contributed by atoms with van der Waals surface area (Å²) in [6.45, 7) is 1.82. The van der Waals surface area contributed by atoms with Gasteiger partial charge in [-0.1, -0.05) is 0 Å². The first kappa shape index (κ1) is 14.3. The third-order valence-corrected chi connectivity index (χ3v) is 3.55. The standard InChI is InChI=1S/C14H18N2O4/c1-8-3-6-11(13(15-8)20-2)12(17)16-10-5-4-9(7-10)14(18)19/h3,6,9-10H,4-5,7H2,1-2H3,(H,16,17)(H,18,19)/t9-,10+/m1/s1. The molecule has 1 aliphatic rings. The van der Waals surface area contributed by atoms with Crippen molar-refractivity contribution in [2.45, 2.75) is 32.2 Å². The molecule has 1 aliphatic carbocycles. The molecule has 1 saturated carbocycles. The van der Waals surface area contributed by atoms with Crippen molar-refractivity contribution in [2.24, 2.45) is 5.92 Å². The summed E-state index contributed by atoms with van der Waals surface area (Å²) in [6, 6.07) is 3.31. The summed E-state index contributed by atoms with van der Waals surface area (Å²) in [7, 11) is 1.47. The van der Waals surface area contributed by atoms with E-state index in [0.717, 1.165) is 5.69 Å². The van der Waals surface area contributed by atoms with Crippen LogP contribution in [0.5, 0.6) is 5.88 Å². The van der Waals surface area contributed by atoms with Crippen LogP contribution in [0.25, 0.3) is 0 Å². The van der Waals surface area contributed by atoms with Crippen LogP contribution in [0.3, 0.4) is 0 Å². The molecule has 0 aromatic carbocycles. The summed E-state index contributed by atoms with van der Waals surface area (Å²) in [6.07, 6.45) is 1.76. The smallest absolute Gasteiger partial charge is 0.306 e. The Morgan fingerprint density at radius 3 is 2.75 bits per heavy atom. The number of carbonyl (C=O) groups is 2. The highest BCUT2D eigenvalue weighted by atomic mass is 16.5. The van der Waals surface area contributed by atoms with Crippen LogP contribution in [0.1, 0.15) is 35.3 Å². The molecule has 2 atom stereocenters. The van der Waals surface area contributed by atoms with Crippen molar-refractivity contribution in [3.8, 4) is 5.88 Å². The third-order valence-electron chi connectivity index (χ3n) is 3.55. The predicted molar refractivity (Wildman–Crippen MR) is 71.8 cm³/mol. The number of hydrogen-bond acceptors (Lipinski definition) is 4. The van der Waals surface area contributed by atoms with E-state index < -0.39 is 5.97 Å². The van der Waals surface area contributed by atoms with E-state index in [2.05, 4.69) is 10.3 Å². The largest absolute Gasteiger partial charge is 0.481 e. The molecule has 0 spiro atoms. The maximum absolute atomic E-state index is 12.2. The van der Waals surface area contributed by atoms with Gasteiger partial charge in [0, 0.05) is 11.7 Å². The van der Waals surface area contributed by atoms with Crippen LogP contribution >= 0.6 is 0 Å². The number of carboxylic acid groups (broad SMARTS) is 1. The van der Waals surface area contributed by atoms with Crippen LogP contribution < -0.4 is 10.1 Å². The minimum Gasteiger partial charge on any atom is -0.481 e. The average molecular weight is 278 g/mol. The van der Waals surface area contributed by atoms with E-state index >= 15 is 0 Å². The van der Waals surface area contributed by atoms with Crippen molar-refractivity contribution in [2.75, 3.05) is 7.11 Å². The van der Waals surface area contributed by atoms with Gasteiger partial charge in [-0.25, -0.2) is 4.98 Å². The Hall–Kier alpha value is -2.11. The van der Waals surface area contributed by atoms with E-state index in [1.807, 2.05) is 6.92 Å². The topological polar surface area (TPSA) is 88.5 Å². The summed E-state index contributed by atoms with van der Waals surface area (Å²) in [4.78, 5) is 27.2. The van der Waals surface area contributed by atoms with Crippen LogP contribution in [-0.2, 0) is 4.79 Å².